The number of hydrogen-bond acceptors (Lipinski definition) is 1. The highest BCUT2D eigenvalue weighted by Gasteiger charge is 2.11. The van der Waals surface area contributed by atoms with Crippen molar-refractivity contribution < 1.29 is 18.3 Å². The summed E-state index contributed by atoms with van der Waals surface area (Å²) in [4.78, 5) is 0. The molecule has 0 bridgehead atoms. The van der Waals surface area contributed by atoms with E-state index >= 15 is 0 Å². The monoisotopic (exact) mass is 176 g/mol. The van der Waals surface area contributed by atoms with Crippen LogP contribution >= 0.6 is 0 Å². The van der Waals surface area contributed by atoms with E-state index in [1.165, 1.54) is 0 Å². The van der Waals surface area contributed by atoms with E-state index in [-0.39, 0.29) is 12.0 Å². The Kier molecular flexibility index (Phi) is 2.58. The molecule has 66 valence electrons. The van der Waals surface area contributed by atoms with Crippen LogP contribution in [0.4, 0.5) is 13.2 Å². The van der Waals surface area contributed by atoms with Crippen LogP contribution in [-0.4, -0.2) is 11.8 Å². The van der Waals surface area contributed by atoms with E-state index in [1.54, 1.807) is 0 Å². The molecule has 1 nitrogen and oxygen atoms in total. The summed E-state index contributed by atoms with van der Waals surface area (Å²) < 4.78 is 37.1. The van der Waals surface area contributed by atoms with E-state index in [0.717, 1.165) is 12.1 Å². The average molecular weight is 176 g/mol. The fourth-order valence-electron chi connectivity index (χ4n) is 0.874. The third kappa shape index (κ3) is 1.52. The Morgan fingerprint density at radius 1 is 1.17 bits per heavy atom. The van der Waals surface area contributed by atoms with E-state index in [0.29, 0.717) is 0 Å². The summed E-state index contributed by atoms with van der Waals surface area (Å²) in [7, 11) is 0. The SMILES string of the molecule is Oc1ccc(CCF)c(F)c1F. The molecule has 0 aliphatic rings. The minimum Gasteiger partial charge on any atom is -0.505 e. The topological polar surface area (TPSA) is 20.2 Å². The molecule has 0 saturated carbocycles. The van der Waals surface area contributed by atoms with Crippen molar-refractivity contribution in [3.05, 3.63) is 29.3 Å². The second-order valence-corrected chi connectivity index (χ2v) is 2.31. The standard InChI is InChI=1S/C8H7F3O/c9-4-3-5-1-2-6(12)8(11)7(5)10/h1-2,12H,3-4H2. The van der Waals surface area contributed by atoms with Gasteiger partial charge >= 0.3 is 0 Å². The minimum atomic E-state index is -1.32. The van der Waals surface area contributed by atoms with E-state index in [4.69, 9.17) is 5.11 Å². The Morgan fingerprint density at radius 3 is 2.42 bits per heavy atom. The summed E-state index contributed by atoms with van der Waals surface area (Å²) in [6.07, 6.45) is -0.178. The third-order valence-corrected chi connectivity index (χ3v) is 1.51. The summed E-state index contributed by atoms with van der Waals surface area (Å²) in [5, 5.41) is 8.68. The summed E-state index contributed by atoms with van der Waals surface area (Å²) in [5.74, 6) is -3.25. The lowest BCUT2D eigenvalue weighted by atomic mass is 10.1. The molecule has 0 fully saturated rings. The van der Waals surface area contributed by atoms with Crippen LogP contribution in [-0.2, 0) is 6.42 Å². The predicted octanol–water partition coefficient (Wildman–Crippen LogP) is 2.18. The first-order valence-corrected chi connectivity index (χ1v) is 3.38. The van der Waals surface area contributed by atoms with Crippen molar-refractivity contribution in [1.29, 1.82) is 0 Å². The van der Waals surface area contributed by atoms with Crippen LogP contribution in [0.3, 0.4) is 0 Å². The largest absolute Gasteiger partial charge is 0.505 e. The van der Waals surface area contributed by atoms with Crippen molar-refractivity contribution in [2.45, 2.75) is 6.42 Å². The van der Waals surface area contributed by atoms with Gasteiger partial charge in [-0.1, -0.05) is 6.07 Å². The zero-order valence-corrected chi connectivity index (χ0v) is 6.15. The Bertz CT molecular complexity index is 286. The zero-order chi connectivity index (χ0) is 9.14. The van der Waals surface area contributed by atoms with Gasteiger partial charge in [0.2, 0.25) is 5.82 Å². The van der Waals surface area contributed by atoms with Gasteiger partial charge in [-0.25, -0.2) is 4.39 Å². The summed E-state index contributed by atoms with van der Waals surface area (Å²) >= 11 is 0. The van der Waals surface area contributed by atoms with E-state index in [2.05, 4.69) is 0 Å². The lowest BCUT2D eigenvalue weighted by Gasteiger charge is -2.01. The molecule has 0 unspecified atom stereocenters. The maximum atomic E-state index is 12.7. The van der Waals surface area contributed by atoms with Crippen LogP contribution in [0.2, 0.25) is 0 Å². The summed E-state index contributed by atoms with van der Waals surface area (Å²) in [6.45, 7) is -0.749. The molecule has 1 N–H and O–H groups in total. The quantitative estimate of drug-likeness (QED) is 0.732. The number of alkyl halides is 1. The summed E-state index contributed by atoms with van der Waals surface area (Å²) in [6, 6.07) is 2.16. The van der Waals surface area contributed by atoms with Crippen LogP contribution in [0.1, 0.15) is 5.56 Å². The van der Waals surface area contributed by atoms with Crippen LogP contribution < -0.4 is 0 Å². The van der Waals surface area contributed by atoms with E-state index in [9.17, 15) is 13.2 Å². The number of rotatable bonds is 2. The van der Waals surface area contributed by atoms with Gasteiger partial charge in [0, 0.05) is 6.42 Å². The Hall–Kier alpha value is -1.19. The number of aryl methyl sites for hydroxylation is 1. The van der Waals surface area contributed by atoms with Crippen LogP contribution in [0.15, 0.2) is 12.1 Å². The van der Waals surface area contributed by atoms with Gasteiger partial charge in [0.05, 0.1) is 6.67 Å². The highest BCUT2D eigenvalue weighted by molar-refractivity contribution is 5.29. The maximum Gasteiger partial charge on any atom is 0.200 e. The zero-order valence-electron chi connectivity index (χ0n) is 6.15. The molecule has 1 aromatic carbocycles. The predicted molar refractivity (Wildman–Crippen MR) is 37.7 cm³/mol. The number of hydrogen-bond donors (Lipinski definition) is 1. The molecular weight excluding hydrogens is 169 g/mol. The Balaban J connectivity index is 3.08. The first-order chi connectivity index (χ1) is 5.66. The Labute approximate surface area is 67.5 Å². The van der Waals surface area contributed by atoms with Gasteiger partial charge in [0.1, 0.15) is 0 Å². The molecule has 0 spiro atoms. The lowest BCUT2D eigenvalue weighted by Crippen LogP contribution is -1.95. The minimum absolute atomic E-state index is 0.0622. The lowest BCUT2D eigenvalue weighted by molar-refractivity contribution is 0.401. The fourth-order valence-corrected chi connectivity index (χ4v) is 0.874. The fraction of sp³-hybridized carbons (Fsp3) is 0.250. The number of benzene rings is 1. The average Bonchev–Trinajstić information content (AvgIpc) is 2.07. The molecular formula is C8H7F3O. The first-order valence-electron chi connectivity index (χ1n) is 3.38. The number of halogens is 3. The number of phenolic OH excluding ortho intramolecular Hbond substituents is 1. The van der Waals surface area contributed by atoms with E-state index < -0.39 is 24.1 Å². The molecule has 1 rings (SSSR count). The van der Waals surface area contributed by atoms with Crippen molar-refractivity contribution in [2.24, 2.45) is 0 Å². The third-order valence-electron chi connectivity index (χ3n) is 1.51. The molecule has 1 aromatic rings. The molecule has 0 atom stereocenters. The second-order valence-electron chi connectivity index (χ2n) is 2.31. The molecule has 0 radical (unpaired) electrons. The Morgan fingerprint density at radius 2 is 1.83 bits per heavy atom. The normalized spacial score (nSPS) is 10.2. The molecule has 0 amide bonds. The van der Waals surface area contributed by atoms with Crippen LogP contribution in [0.5, 0.6) is 5.75 Å². The van der Waals surface area contributed by atoms with Crippen LogP contribution in [0.25, 0.3) is 0 Å². The maximum absolute atomic E-state index is 12.7. The van der Waals surface area contributed by atoms with Gasteiger partial charge in [-0.3, -0.25) is 4.39 Å². The molecule has 0 aliphatic heterocycles. The highest BCUT2D eigenvalue weighted by atomic mass is 19.2. The van der Waals surface area contributed by atoms with Crippen molar-refractivity contribution in [3.8, 4) is 5.75 Å². The van der Waals surface area contributed by atoms with Gasteiger partial charge in [0.25, 0.3) is 0 Å². The first kappa shape index (κ1) is 8.90. The number of phenols is 1. The molecule has 0 saturated heterocycles. The molecule has 0 heterocycles. The second kappa shape index (κ2) is 3.47. The molecule has 4 heteroatoms. The van der Waals surface area contributed by atoms with Gasteiger partial charge < -0.3 is 5.11 Å². The molecule has 12 heavy (non-hydrogen) atoms. The number of aromatic hydroxyl groups is 1. The van der Waals surface area contributed by atoms with Crippen LogP contribution in [0, 0.1) is 11.6 Å². The highest BCUT2D eigenvalue weighted by Crippen LogP contribution is 2.21. The van der Waals surface area contributed by atoms with Crippen molar-refractivity contribution in [2.75, 3.05) is 6.67 Å². The smallest absolute Gasteiger partial charge is 0.200 e. The van der Waals surface area contributed by atoms with Crippen molar-refractivity contribution in [1.82, 2.24) is 0 Å². The molecule has 0 aromatic heterocycles. The molecule has 0 aliphatic carbocycles. The van der Waals surface area contributed by atoms with E-state index in [1.807, 2.05) is 0 Å². The summed E-state index contributed by atoms with van der Waals surface area (Å²) in [5.41, 5.74) is -0.0622. The van der Waals surface area contributed by atoms with Gasteiger partial charge in [-0.15, -0.1) is 0 Å². The van der Waals surface area contributed by atoms with Crippen molar-refractivity contribution in [3.63, 3.8) is 0 Å². The van der Waals surface area contributed by atoms with Crippen molar-refractivity contribution >= 4 is 0 Å². The van der Waals surface area contributed by atoms with Gasteiger partial charge in [-0.2, -0.15) is 4.39 Å². The van der Waals surface area contributed by atoms with Gasteiger partial charge in [0.15, 0.2) is 11.6 Å². The van der Waals surface area contributed by atoms with Gasteiger partial charge in [-0.05, 0) is 11.6 Å².